The third-order valence-corrected chi connectivity index (χ3v) is 3.00. The monoisotopic (exact) mass is 242 g/mol. The molecule has 2 nitrogen and oxygen atoms in total. The lowest BCUT2D eigenvalue weighted by atomic mass is 9.81. The molecule has 0 unspecified atom stereocenters. The lowest BCUT2D eigenvalue weighted by Gasteiger charge is -2.11. The Bertz CT molecular complexity index is 136. The molecule has 0 aliphatic carbocycles. The van der Waals surface area contributed by atoms with Gasteiger partial charge in [-0.1, -0.05) is 58.3 Å². The predicted molar refractivity (Wildman–Crippen MR) is 76.4 cm³/mol. The quantitative estimate of drug-likeness (QED) is 0.344. The van der Waals surface area contributed by atoms with Crippen molar-refractivity contribution in [2.45, 2.75) is 78.5 Å². The van der Waals surface area contributed by atoms with E-state index in [1.807, 2.05) is 13.8 Å². The number of unbranched alkanes of at least 4 members (excludes halogenated alkanes) is 7. The van der Waals surface area contributed by atoms with E-state index in [4.69, 9.17) is 9.31 Å². The molecule has 102 valence electrons. The highest BCUT2D eigenvalue weighted by Crippen LogP contribution is 2.11. The van der Waals surface area contributed by atoms with Crippen molar-refractivity contribution in [1.82, 2.24) is 0 Å². The Morgan fingerprint density at radius 3 is 1.59 bits per heavy atom. The van der Waals surface area contributed by atoms with E-state index >= 15 is 0 Å². The highest BCUT2D eigenvalue weighted by atomic mass is 16.6. The minimum absolute atomic E-state index is 0.0325. The molecule has 0 heterocycles. The zero-order valence-electron chi connectivity index (χ0n) is 12.2. The van der Waals surface area contributed by atoms with Crippen molar-refractivity contribution in [2.24, 2.45) is 0 Å². The van der Waals surface area contributed by atoms with Crippen LogP contribution in [-0.2, 0) is 9.31 Å². The van der Waals surface area contributed by atoms with Crippen LogP contribution in [0.15, 0.2) is 0 Å². The molecule has 0 fully saturated rings. The molecular weight excluding hydrogens is 211 g/mol. The predicted octanol–water partition coefficient (Wildman–Crippen LogP) is 4.69. The molecule has 0 aromatic heterocycles. The van der Waals surface area contributed by atoms with Crippen LogP contribution in [0, 0.1) is 0 Å². The third-order valence-electron chi connectivity index (χ3n) is 3.00. The van der Waals surface area contributed by atoms with Gasteiger partial charge < -0.3 is 9.31 Å². The van der Waals surface area contributed by atoms with Crippen LogP contribution in [-0.4, -0.2) is 20.3 Å². The van der Waals surface area contributed by atoms with Crippen molar-refractivity contribution in [1.29, 1.82) is 0 Å². The smallest absolute Gasteiger partial charge is 0.411 e. The van der Waals surface area contributed by atoms with E-state index in [2.05, 4.69) is 6.92 Å². The van der Waals surface area contributed by atoms with Crippen molar-refractivity contribution in [3.05, 3.63) is 0 Å². The first-order chi connectivity index (χ1) is 8.35. The first kappa shape index (κ1) is 17.0. The summed E-state index contributed by atoms with van der Waals surface area (Å²) in [4.78, 5) is 0. The molecule has 0 atom stereocenters. The van der Waals surface area contributed by atoms with Gasteiger partial charge in [0.25, 0.3) is 0 Å². The summed E-state index contributed by atoms with van der Waals surface area (Å²) >= 11 is 0. The van der Waals surface area contributed by atoms with E-state index in [0.29, 0.717) is 0 Å². The molecule has 0 aromatic rings. The van der Waals surface area contributed by atoms with Crippen LogP contribution in [0.3, 0.4) is 0 Å². The largest absolute Gasteiger partial charge is 0.456 e. The molecule has 0 N–H and O–H groups in total. The Labute approximate surface area is 109 Å². The minimum Gasteiger partial charge on any atom is -0.411 e. The van der Waals surface area contributed by atoms with Crippen LogP contribution in [0.25, 0.3) is 0 Å². The van der Waals surface area contributed by atoms with Crippen LogP contribution in [0.5, 0.6) is 0 Å². The van der Waals surface area contributed by atoms with Crippen LogP contribution < -0.4 is 0 Å². The topological polar surface area (TPSA) is 18.5 Å². The first-order valence-corrected chi connectivity index (χ1v) is 7.58. The minimum atomic E-state index is 0.0325. The molecule has 0 saturated heterocycles. The van der Waals surface area contributed by atoms with Gasteiger partial charge in [0.15, 0.2) is 0 Å². The Morgan fingerprint density at radius 1 is 0.647 bits per heavy atom. The van der Waals surface area contributed by atoms with Gasteiger partial charge in [-0.3, -0.25) is 0 Å². The lowest BCUT2D eigenvalue weighted by Crippen LogP contribution is -2.22. The van der Waals surface area contributed by atoms with Crippen molar-refractivity contribution < 1.29 is 9.31 Å². The molecule has 0 aromatic carbocycles. The lowest BCUT2D eigenvalue weighted by molar-refractivity contribution is 0.212. The molecule has 0 aliphatic heterocycles. The molecule has 0 spiro atoms. The van der Waals surface area contributed by atoms with E-state index in [1.54, 1.807) is 0 Å². The molecule has 0 aliphatic rings. The van der Waals surface area contributed by atoms with Gasteiger partial charge in [-0.15, -0.1) is 0 Å². The molecule has 0 rings (SSSR count). The van der Waals surface area contributed by atoms with E-state index in [1.165, 1.54) is 51.4 Å². The average molecular weight is 242 g/mol. The second-order valence-electron chi connectivity index (χ2n) is 4.60. The average Bonchev–Trinajstić information content (AvgIpc) is 2.33. The molecule has 3 heteroatoms. The zero-order chi connectivity index (χ0) is 12.8. The maximum Gasteiger partial charge on any atom is 0.456 e. The number of rotatable bonds is 13. The van der Waals surface area contributed by atoms with Gasteiger partial charge in [-0.05, 0) is 20.2 Å². The summed E-state index contributed by atoms with van der Waals surface area (Å²) in [6, 6.07) is 0. The zero-order valence-corrected chi connectivity index (χ0v) is 12.2. The van der Waals surface area contributed by atoms with Gasteiger partial charge in [-0.2, -0.15) is 0 Å². The van der Waals surface area contributed by atoms with Crippen LogP contribution in [0.1, 0.15) is 72.1 Å². The van der Waals surface area contributed by atoms with E-state index in [-0.39, 0.29) is 7.12 Å². The van der Waals surface area contributed by atoms with Crippen LogP contribution in [0.4, 0.5) is 0 Å². The summed E-state index contributed by atoms with van der Waals surface area (Å²) in [5.41, 5.74) is 0. The maximum absolute atomic E-state index is 5.52. The Balaban J connectivity index is 3.23. The van der Waals surface area contributed by atoms with E-state index in [0.717, 1.165) is 19.5 Å². The Morgan fingerprint density at radius 2 is 1.12 bits per heavy atom. The summed E-state index contributed by atoms with van der Waals surface area (Å²) in [6.07, 6.45) is 11.9. The highest BCUT2D eigenvalue weighted by molar-refractivity contribution is 6.44. The van der Waals surface area contributed by atoms with E-state index < -0.39 is 0 Å². The van der Waals surface area contributed by atoms with Gasteiger partial charge in [0.1, 0.15) is 0 Å². The van der Waals surface area contributed by atoms with Gasteiger partial charge >= 0.3 is 7.12 Å². The second kappa shape index (κ2) is 14.0. The fraction of sp³-hybridized carbons (Fsp3) is 1.00. The Hall–Kier alpha value is -0.0151. The molecule has 0 bridgehead atoms. The van der Waals surface area contributed by atoms with Crippen molar-refractivity contribution in [2.75, 3.05) is 13.2 Å². The highest BCUT2D eigenvalue weighted by Gasteiger charge is 2.15. The Kier molecular flexibility index (Phi) is 14.0. The van der Waals surface area contributed by atoms with Gasteiger partial charge in [0.05, 0.1) is 0 Å². The van der Waals surface area contributed by atoms with Crippen LogP contribution >= 0.6 is 0 Å². The van der Waals surface area contributed by atoms with Gasteiger partial charge in [0.2, 0.25) is 0 Å². The third kappa shape index (κ3) is 12.2. The number of hydrogen-bond donors (Lipinski definition) is 0. The summed E-state index contributed by atoms with van der Waals surface area (Å²) in [5.74, 6) is 0. The molecule has 0 saturated carbocycles. The molecule has 0 radical (unpaired) electrons. The van der Waals surface area contributed by atoms with Gasteiger partial charge in [0, 0.05) is 13.2 Å². The molecular formula is C14H31BO2. The fourth-order valence-electron chi connectivity index (χ4n) is 2.03. The SMILES string of the molecule is CCCCCCCCCCB(OCC)OCC. The summed E-state index contributed by atoms with van der Waals surface area (Å²) in [6.45, 7) is 7.82. The second-order valence-corrected chi connectivity index (χ2v) is 4.60. The maximum atomic E-state index is 5.52. The normalized spacial score (nSPS) is 10.8. The fourth-order valence-corrected chi connectivity index (χ4v) is 2.03. The number of hydrogen-bond acceptors (Lipinski definition) is 2. The van der Waals surface area contributed by atoms with E-state index in [9.17, 15) is 0 Å². The van der Waals surface area contributed by atoms with Crippen LogP contribution in [0.2, 0.25) is 6.32 Å². The first-order valence-electron chi connectivity index (χ1n) is 7.58. The van der Waals surface area contributed by atoms with Crippen molar-refractivity contribution in [3.8, 4) is 0 Å². The summed E-state index contributed by atoms with van der Waals surface area (Å²) in [5, 5.41) is 0. The molecule has 17 heavy (non-hydrogen) atoms. The summed E-state index contributed by atoms with van der Waals surface area (Å²) < 4.78 is 11.0. The summed E-state index contributed by atoms with van der Waals surface area (Å²) in [7, 11) is 0.0325. The standard InChI is InChI=1S/C14H31BO2/c1-4-7-8-9-10-11-12-13-14-15(16-5-2)17-6-3/h4-14H2,1-3H3. The van der Waals surface area contributed by atoms with Crippen molar-refractivity contribution >= 4 is 7.12 Å². The van der Waals surface area contributed by atoms with Gasteiger partial charge in [-0.25, -0.2) is 0 Å². The molecule has 0 amide bonds. The van der Waals surface area contributed by atoms with Crippen molar-refractivity contribution in [3.63, 3.8) is 0 Å².